The van der Waals surface area contributed by atoms with E-state index in [9.17, 15) is 9.59 Å². The van der Waals surface area contributed by atoms with Gasteiger partial charge < -0.3 is 19.5 Å². The lowest BCUT2D eigenvalue weighted by Crippen LogP contribution is -2.41. The van der Waals surface area contributed by atoms with Gasteiger partial charge in [0.15, 0.2) is 0 Å². The molecule has 0 bridgehead atoms. The van der Waals surface area contributed by atoms with Gasteiger partial charge in [-0.2, -0.15) is 0 Å². The summed E-state index contributed by atoms with van der Waals surface area (Å²) in [6.45, 7) is 1.28. The van der Waals surface area contributed by atoms with Crippen LogP contribution < -0.4 is 4.74 Å². The van der Waals surface area contributed by atoms with Crippen LogP contribution in [0.3, 0.4) is 0 Å². The van der Waals surface area contributed by atoms with E-state index in [-0.39, 0.29) is 12.1 Å². The van der Waals surface area contributed by atoms with Gasteiger partial charge in [0.25, 0.3) is 0 Å². The zero-order valence-electron chi connectivity index (χ0n) is 10.9. The molecule has 1 aromatic carbocycles. The Morgan fingerprint density at radius 2 is 2.10 bits per heavy atom. The fourth-order valence-corrected chi connectivity index (χ4v) is 2.54. The van der Waals surface area contributed by atoms with E-state index in [1.165, 1.54) is 4.90 Å². The van der Waals surface area contributed by atoms with Crippen LogP contribution in [0, 0.1) is 0 Å². The number of amides is 1. The molecule has 6 nitrogen and oxygen atoms in total. The van der Waals surface area contributed by atoms with Crippen molar-refractivity contribution in [1.82, 2.24) is 4.90 Å². The predicted octanol–water partition coefficient (Wildman–Crippen LogP) is 1.88. The first-order valence-corrected chi connectivity index (χ1v) is 6.58. The van der Waals surface area contributed by atoms with Crippen LogP contribution in [0.4, 0.5) is 4.79 Å². The molecule has 1 fully saturated rings. The topological polar surface area (TPSA) is 76.1 Å². The van der Waals surface area contributed by atoms with Gasteiger partial charge in [0.2, 0.25) is 0 Å². The fourth-order valence-electron chi connectivity index (χ4n) is 2.54. The minimum absolute atomic E-state index is 0.0154. The van der Waals surface area contributed by atoms with E-state index < -0.39 is 6.09 Å². The lowest BCUT2D eigenvalue weighted by molar-refractivity contribution is 0.0534. The number of piperidine rings is 1. The van der Waals surface area contributed by atoms with Crippen LogP contribution in [0.5, 0.6) is 5.75 Å². The quantitative estimate of drug-likeness (QED) is 0.835. The minimum atomic E-state index is -0.878. The lowest BCUT2D eigenvalue weighted by Gasteiger charge is -2.30. The number of carbonyl (C=O) groups is 2. The fraction of sp³-hybridized carbons (Fsp3) is 0.429. The Hall–Kier alpha value is -2.24. The number of hydrogen-bond donors (Lipinski definition) is 1. The van der Waals surface area contributed by atoms with E-state index in [1.807, 2.05) is 6.07 Å². The maximum absolute atomic E-state index is 11.3. The highest BCUT2D eigenvalue weighted by molar-refractivity contribution is 5.93. The molecule has 1 saturated heterocycles. The van der Waals surface area contributed by atoms with Crippen LogP contribution in [0.1, 0.15) is 28.8 Å². The van der Waals surface area contributed by atoms with E-state index in [1.54, 1.807) is 12.1 Å². The van der Waals surface area contributed by atoms with Crippen molar-refractivity contribution in [2.75, 3.05) is 13.1 Å². The molecule has 2 aliphatic heterocycles. The van der Waals surface area contributed by atoms with Crippen molar-refractivity contribution in [1.29, 1.82) is 0 Å². The van der Waals surface area contributed by atoms with E-state index >= 15 is 0 Å². The summed E-state index contributed by atoms with van der Waals surface area (Å²) < 4.78 is 10.8. The number of ether oxygens (including phenoxy) is 2. The molecule has 0 aliphatic carbocycles. The summed E-state index contributed by atoms with van der Waals surface area (Å²) in [7, 11) is 0. The first-order chi connectivity index (χ1) is 9.63. The summed E-state index contributed by atoms with van der Waals surface area (Å²) in [4.78, 5) is 23.6. The number of hydrogen-bond acceptors (Lipinski definition) is 4. The van der Waals surface area contributed by atoms with Gasteiger partial charge in [-0.1, -0.05) is 0 Å². The van der Waals surface area contributed by atoms with Crippen LogP contribution >= 0.6 is 0 Å². The van der Waals surface area contributed by atoms with E-state index in [2.05, 4.69) is 0 Å². The Morgan fingerprint density at radius 1 is 1.35 bits per heavy atom. The molecule has 0 radical (unpaired) electrons. The van der Waals surface area contributed by atoms with Crippen LogP contribution in [0.25, 0.3) is 0 Å². The maximum atomic E-state index is 11.3. The van der Waals surface area contributed by atoms with Crippen molar-refractivity contribution < 1.29 is 24.2 Å². The molecule has 0 spiro atoms. The number of rotatable bonds is 2. The number of fused-ring (bicyclic) bond motifs is 1. The highest BCUT2D eigenvalue weighted by Crippen LogP contribution is 2.26. The minimum Gasteiger partial charge on any atom is -0.490 e. The molecule has 2 heterocycles. The van der Waals surface area contributed by atoms with Gasteiger partial charge in [-0.15, -0.1) is 0 Å². The molecule has 3 rings (SSSR count). The Labute approximate surface area is 115 Å². The largest absolute Gasteiger partial charge is 0.490 e. The zero-order valence-corrected chi connectivity index (χ0v) is 10.9. The molecule has 1 amide bonds. The molecule has 0 aromatic heterocycles. The van der Waals surface area contributed by atoms with Crippen molar-refractivity contribution in [3.63, 3.8) is 0 Å². The number of carboxylic acid groups (broad SMARTS) is 1. The number of cyclic esters (lactones) is 1. The zero-order chi connectivity index (χ0) is 14.1. The average Bonchev–Trinajstić information content (AvgIpc) is 2.81. The SMILES string of the molecule is O=C1OCc2cc(OC3CCN(C(=O)O)CC3)ccc21. The van der Waals surface area contributed by atoms with Gasteiger partial charge in [-0.3, -0.25) is 0 Å². The van der Waals surface area contributed by atoms with E-state index in [4.69, 9.17) is 14.6 Å². The van der Waals surface area contributed by atoms with Gasteiger partial charge in [0.1, 0.15) is 18.5 Å². The number of likely N-dealkylation sites (tertiary alicyclic amines) is 1. The van der Waals surface area contributed by atoms with Gasteiger partial charge in [-0.25, -0.2) is 9.59 Å². The Balaban J connectivity index is 1.62. The summed E-state index contributed by atoms with van der Waals surface area (Å²) in [5.41, 5.74) is 1.44. The van der Waals surface area contributed by atoms with E-state index in [0.29, 0.717) is 43.9 Å². The Bertz CT molecular complexity index is 548. The lowest BCUT2D eigenvalue weighted by atomic mass is 10.1. The second-order valence-corrected chi connectivity index (χ2v) is 4.98. The first kappa shape index (κ1) is 12.8. The van der Waals surface area contributed by atoms with Gasteiger partial charge in [-0.05, 0) is 18.2 Å². The molecule has 1 aromatic rings. The van der Waals surface area contributed by atoms with Crippen molar-refractivity contribution >= 4 is 12.1 Å². The first-order valence-electron chi connectivity index (χ1n) is 6.58. The highest BCUT2D eigenvalue weighted by atomic mass is 16.5. The normalized spacial score (nSPS) is 18.6. The smallest absolute Gasteiger partial charge is 0.407 e. The predicted molar refractivity (Wildman–Crippen MR) is 68.8 cm³/mol. The second-order valence-electron chi connectivity index (χ2n) is 4.98. The third-order valence-corrected chi connectivity index (χ3v) is 3.67. The van der Waals surface area contributed by atoms with Crippen LogP contribution in [-0.2, 0) is 11.3 Å². The van der Waals surface area contributed by atoms with Crippen LogP contribution in [0.15, 0.2) is 18.2 Å². The summed E-state index contributed by atoms with van der Waals surface area (Å²) in [5, 5.41) is 8.88. The molecular formula is C14H15NO5. The molecule has 0 atom stereocenters. The molecule has 2 aliphatic rings. The number of benzene rings is 1. The standard InChI is InChI=1S/C14H15NO5/c16-13-12-2-1-11(7-9(12)8-19-13)20-10-3-5-15(6-4-10)14(17)18/h1-2,7,10H,3-6,8H2,(H,17,18). The maximum Gasteiger partial charge on any atom is 0.407 e. The van der Waals surface area contributed by atoms with Gasteiger partial charge in [0.05, 0.1) is 5.56 Å². The van der Waals surface area contributed by atoms with Crippen molar-refractivity contribution in [3.05, 3.63) is 29.3 Å². The second kappa shape index (κ2) is 5.03. The molecule has 6 heteroatoms. The molecule has 0 unspecified atom stereocenters. The molecule has 1 N–H and O–H groups in total. The Morgan fingerprint density at radius 3 is 2.80 bits per heavy atom. The summed E-state index contributed by atoms with van der Waals surface area (Å²) >= 11 is 0. The summed E-state index contributed by atoms with van der Waals surface area (Å²) in [6.07, 6.45) is 0.496. The van der Waals surface area contributed by atoms with Gasteiger partial charge in [0, 0.05) is 31.5 Å². The summed E-state index contributed by atoms with van der Waals surface area (Å²) in [6, 6.07) is 5.30. The third kappa shape index (κ3) is 2.41. The average molecular weight is 277 g/mol. The molecule has 0 saturated carbocycles. The van der Waals surface area contributed by atoms with Crippen molar-refractivity contribution in [2.45, 2.75) is 25.6 Å². The molecule has 20 heavy (non-hydrogen) atoms. The number of esters is 1. The van der Waals surface area contributed by atoms with Crippen molar-refractivity contribution in [3.8, 4) is 5.75 Å². The van der Waals surface area contributed by atoms with Crippen LogP contribution in [0.2, 0.25) is 0 Å². The van der Waals surface area contributed by atoms with E-state index in [0.717, 1.165) is 5.56 Å². The van der Waals surface area contributed by atoms with Gasteiger partial charge >= 0.3 is 12.1 Å². The van der Waals surface area contributed by atoms with Crippen LogP contribution in [-0.4, -0.2) is 41.3 Å². The van der Waals surface area contributed by atoms with Crippen molar-refractivity contribution in [2.24, 2.45) is 0 Å². The Kier molecular flexibility index (Phi) is 3.22. The number of nitrogens with zero attached hydrogens (tertiary/aromatic N) is 1. The molecule has 106 valence electrons. The number of carbonyl (C=O) groups excluding carboxylic acids is 1. The monoisotopic (exact) mass is 277 g/mol. The third-order valence-electron chi connectivity index (χ3n) is 3.67. The highest BCUT2D eigenvalue weighted by Gasteiger charge is 2.25. The summed E-state index contributed by atoms with van der Waals surface area (Å²) in [5.74, 6) is 0.414. The molecular weight excluding hydrogens is 262 g/mol.